The molecule has 0 unspecified atom stereocenters. The van der Waals surface area contributed by atoms with Gasteiger partial charge in [-0.05, 0) is 0 Å². The lowest BCUT2D eigenvalue weighted by Crippen LogP contribution is -2.49. The molecule has 0 atom stereocenters. The highest BCUT2D eigenvalue weighted by Gasteiger charge is 2.15. The average Bonchev–Trinajstić information content (AvgIpc) is 2.58. The zero-order chi connectivity index (χ0) is 8.39. The van der Waals surface area contributed by atoms with Crippen molar-refractivity contribution in [3.05, 3.63) is 11.6 Å². The molecule has 2 heterocycles. The van der Waals surface area contributed by atoms with Crippen LogP contribution in [0.1, 0.15) is 0 Å². The summed E-state index contributed by atoms with van der Waals surface area (Å²) >= 11 is 1.69. The standard InChI is InChI=1S/C7H12N4S/c8-11-4-2-10(3-5-11)7-9-1-6-12-7/h1,6H,2-5,8H2. The SMILES string of the molecule is NN1CCN(c2nccs2)CC1. The van der Waals surface area contributed by atoms with E-state index in [1.165, 1.54) is 0 Å². The van der Waals surface area contributed by atoms with Gasteiger partial charge in [0.05, 0.1) is 0 Å². The Hall–Kier alpha value is -0.650. The molecule has 0 bridgehead atoms. The van der Waals surface area contributed by atoms with Crippen LogP contribution in [-0.2, 0) is 0 Å². The van der Waals surface area contributed by atoms with Gasteiger partial charge >= 0.3 is 0 Å². The maximum absolute atomic E-state index is 5.64. The van der Waals surface area contributed by atoms with Gasteiger partial charge in [-0.3, -0.25) is 5.84 Å². The Labute approximate surface area is 75.6 Å². The van der Waals surface area contributed by atoms with Gasteiger partial charge in [0.2, 0.25) is 0 Å². The summed E-state index contributed by atoms with van der Waals surface area (Å²) in [4.78, 5) is 6.52. The van der Waals surface area contributed by atoms with Crippen LogP contribution in [0.5, 0.6) is 0 Å². The van der Waals surface area contributed by atoms with Crippen LogP contribution in [0.15, 0.2) is 11.6 Å². The summed E-state index contributed by atoms with van der Waals surface area (Å²) in [5.41, 5.74) is 0. The van der Waals surface area contributed by atoms with E-state index in [0.717, 1.165) is 31.3 Å². The molecule has 0 radical (unpaired) electrons. The van der Waals surface area contributed by atoms with Crippen molar-refractivity contribution >= 4 is 16.5 Å². The number of nitrogens with two attached hydrogens (primary N) is 1. The fourth-order valence-corrected chi connectivity index (χ4v) is 1.98. The molecule has 0 aliphatic carbocycles. The van der Waals surface area contributed by atoms with Crippen LogP contribution in [0.3, 0.4) is 0 Å². The van der Waals surface area contributed by atoms with Crippen molar-refractivity contribution in [3.8, 4) is 0 Å². The minimum absolute atomic E-state index is 0.930. The molecule has 1 fully saturated rings. The van der Waals surface area contributed by atoms with E-state index >= 15 is 0 Å². The van der Waals surface area contributed by atoms with Crippen LogP contribution in [0.4, 0.5) is 5.13 Å². The van der Waals surface area contributed by atoms with E-state index in [9.17, 15) is 0 Å². The topological polar surface area (TPSA) is 45.4 Å². The number of aromatic nitrogens is 1. The molecule has 1 aromatic rings. The second-order valence-electron chi connectivity index (χ2n) is 2.84. The van der Waals surface area contributed by atoms with Crippen molar-refractivity contribution < 1.29 is 0 Å². The molecule has 2 rings (SSSR count). The van der Waals surface area contributed by atoms with Crippen molar-refractivity contribution in [1.82, 2.24) is 9.99 Å². The molecule has 0 aromatic carbocycles. The van der Waals surface area contributed by atoms with E-state index in [1.807, 2.05) is 16.6 Å². The van der Waals surface area contributed by atoms with E-state index in [4.69, 9.17) is 5.84 Å². The Kier molecular flexibility index (Phi) is 2.25. The highest BCUT2D eigenvalue weighted by Crippen LogP contribution is 2.17. The fourth-order valence-electron chi connectivity index (χ4n) is 1.29. The second kappa shape index (κ2) is 3.38. The van der Waals surface area contributed by atoms with Crippen molar-refractivity contribution in [3.63, 3.8) is 0 Å². The summed E-state index contributed by atoms with van der Waals surface area (Å²) in [6.45, 7) is 3.84. The summed E-state index contributed by atoms with van der Waals surface area (Å²) in [7, 11) is 0. The predicted octanol–water partition coefficient (Wildman–Crippen LogP) is 0.139. The van der Waals surface area contributed by atoms with Crippen LogP contribution in [0, 0.1) is 0 Å². The van der Waals surface area contributed by atoms with Crippen molar-refractivity contribution in [2.45, 2.75) is 0 Å². The first-order chi connectivity index (χ1) is 5.86. The third-order valence-electron chi connectivity index (χ3n) is 2.00. The minimum atomic E-state index is 0.930. The third kappa shape index (κ3) is 1.57. The molecular weight excluding hydrogens is 172 g/mol. The van der Waals surface area contributed by atoms with Crippen LogP contribution >= 0.6 is 11.3 Å². The molecular formula is C7H12N4S. The van der Waals surface area contributed by atoms with Gasteiger partial charge in [0, 0.05) is 37.8 Å². The van der Waals surface area contributed by atoms with Crippen LogP contribution in [0.2, 0.25) is 0 Å². The molecule has 1 saturated heterocycles. The number of piperazine rings is 1. The summed E-state index contributed by atoms with van der Waals surface area (Å²) in [6, 6.07) is 0. The van der Waals surface area contributed by atoms with Gasteiger partial charge in [0.25, 0.3) is 0 Å². The molecule has 0 amide bonds. The molecule has 12 heavy (non-hydrogen) atoms. The smallest absolute Gasteiger partial charge is 0.185 e. The second-order valence-corrected chi connectivity index (χ2v) is 3.71. The Morgan fingerprint density at radius 3 is 2.67 bits per heavy atom. The molecule has 1 aliphatic heterocycles. The molecule has 0 saturated carbocycles. The quantitative estimate of drug-likeness (QED) is 0.631. The third-order valence-corrected chi connectivity index (χ3v) is 2.84. The van der Waals surface area contributed by atoms with Crippen LogP contribution in [0.25, 0.3) is 0 Å². The van der Waals surface area contributed by atoms with Gasteiger partial charge in [-0.2, -0.15) is 0 Å². The van der Waals surface area contributed by atoms with Gasteiger partial charge in [0.1, 0.15) is 0 Å². The minimum Gasteiger partial charge on any atom is -0.345 e. The number of nitrogens with zero attached hydrogens (tertiary/aromatic N) is 3. The molecule has 0 spiro atoms. The maximum Gasteiger partial charge on any atom is 0.185 e. The molecule has 66 valence electrons. The number of anilines is 1. The van der Waals surface area contributed by atoms with Crippen molar-refractivity contribution in [2.24, 2.45) is 5.84 Å². The Balaban J connectivity index is 1.99. The first-order valence-corrected chi connectivity index (χ1v) is 4.88. The summed E-state index contributed by atoms with van der Waals surface area (Å²) in [6.07, 6.45) is 1.84. The average molecular weight is 184 g/mol. The number of rotatable bonds is 1. The van der Waals surface area contributed by atoms with E-state index in [2.05, 4.69) is 9.88 Å². The number of hydrazine groups is 1. The Bertz CT molecular complexity index is 228. The van der Waals surface area contributed by atoms with Gasteiger partial charge in [-0.25, -0.2) is 9.99 Å². The van der Waals surface area contributed by atoms with Crippen molar-refractivity contribution in [1.29, 1.82) is 0 Å². The molecule has 2 N–H and O–H groups in total. The first kappa shape index (κ1) is 7.97. The van der Waals surface area contributed by atoms with Crippen molar-refractivity contribution in [2.75, 3.05) is 31.1 Å². The highest BCUT2D eigenvalue weighted by atomic mass is 32.1. The van der Waals surface area contributed by atoms with Gasteiger partial charge in [0.15, 0.2) is 5.13 Å². The number of hydrogen-bond donors (Lipinski definition) is 1. The van der Waals surface area contributed by atoms with Crippen LogP contribution in [-0.4, -0.2) is 36.2 Å². The van der Waals surface area contributed by atoms with Crippen LogP contribution < -0.4 is 10.7 Å². The van der Waals surface area contributed by atoms with E-state index in [0.29, 0.717) is 0 Å². The lowest BCUT2D eigenvalue weighted by Gasteiger charge is -2.31. The molecule has 4 nitrogen and oxygen atoms in total. The lowest BCUT2D eigenvalue weighted by atomic mass is 10.4. The first-order valence-electron chi connectivity index (χ1n) is 4.00. The molecule has 5 heteroatoms. The predicted molar refractivity (Wildman–Crippen MR) is 50.1 cm³/mol. The summed E-state index contributed by atoms with van der Waals surface area (Å²) < 4.78 is 0. The molecule has 1 aliphatic rings. The molecule has 1 aromatic heterocycles. The summed E-state index contributed by atoms with van der Waals surface area (Å²) in [5.74, 6) is 5.64. The Morgan fingerprint density at radius 2 is 2.08 bits per heavy atom. The number of hydrogen-bond acceptors (Lipinski definition) is 5. The van der Waals surface area contributed by atoms with E-state index < -0.39 is 0 Å². The zero-order valence-electron chi connectivity index (χ0n) is 6.81. The van der Waals surface area contributed by atoms with E-state index in [1.54, 1.807) is 11.3 Å². The number of thiazole rings is 1. The summed E-state index contributed by atoms with van der Waals surface area (Å²) in [5, 5.41) is 4.97. The van der Waals surface area contributed by atoms with Gasteiger partial charge < -0.3 is 4.90 Å². The normalized spacial score (nSPS) is 19.9. The maximum atomic E-state index is 5.64. The van der Waals surface area contributed by atoms with E-state index in [-0.39, 0.29) is 0 Å². The monoisotopic (exact) mass is 184 g/mol. The fraction of sp³-hybridized carbons (Fsp3) is 0.571. The van der Waals surface area contributed by atoms with Gasteiger partial charge in [-0.15, -0.1) is 11.3 Å². The largest absolute Gasteiger partial charge is 0.345 e. The zero-order valence-corrected chi connectivity index (χ0v) is 7.63. The highest BCUT2D eigenvalue weighted by molar-refractivity contribution is 7.13. The lowest BCUT2D eigenvalue weighted by molar-refractivity contribution is 0.266. The van der Waals surface area contributed by atoms with Gasteiger partial charge in [-0.1, -0.05) is 0 Å². The Morgan fingerprint density at radius 1 is 1.33 bits per heavy atom.